The predicted molar refractivity (Wildman–Crippen MR) is 96.7 cm³/mol. The van der Waals surface area contributed by atoms with E-state index in [9.17, 15) is 9.59 Å². The van der Waals surface area contributed by atoms with Gasteiger partial charge in [-0.2, -0.15) is 0 Å². The average molecular weight is 355 g/mol. The van der Waals surface area contributed by atoms with Gasteiger partial charge in [0, 0.05) is 32.4 Å². The molecule has 26 heavy (non-hydrogen) atoms. The molecule has 1 aromatic carbocycles. The zero-order chi connectivity index (χ0) is 17.9. The second kappa shape index (κ2) is 7.52. The fourth-order valence-corrected chi connectivity index (χ4v) is 4.03. The van der Waals surface area contributed by atoms with Crippen molar-refractivity contribution >= 4 is 11.9 Å². The normalized spacial score (nSPS) is 24.1. The minimum absolute atomic E-state index is 0.0536. The molecule has 0 spiro atoms. The number of hydrogen-bond acceptors (Lipinski definition) is 4. The maximum Gasteiger partial charge on any atom is 0.306 e. The second-order valence-electron chi connectivity index (χ2n) is 7.43. The molecule has 2 heterocycles. The minimum Gasteiger partial charge on any atom is -0.493 e. The van der Waals surface area contributed by atoms with Gasteiger partial charge in [-0.05, 0) is 42.4 Å². The highest BCUT2D eigenvalue weighted by Crippen LogP contribution is 2.28. The SMILES string of the molecule is O=C1CC[C@@H](C(=O)N(Cc2ccc3c(c2)CCO3)C[C@H]2CC=CCC2)O1. The molecule has 0 saturated carbocycles. The maximum atomic E-state index is 13.0. The van der Waals surface area contributed by atoms with Crippen LogP contribution >= 0.6 is 0 Å². The molecule has 5 nitrogen and oxygen atoms in total. The van der Waals surface area contributed by atoms with Crippen molar-refractivity contribution < 1.29 is 19.1 Å². The van der Waals surface area contributed by atoms with E-state index in [-0.39, 0.29) is 11.9 Å². The number of esters is 1. The van der Waals surface area contributed by atoms with Crippen LogP contribution in [0.3, 0.4) is 0 Å². The number of carbonyl (C=O) groups is 2. The zero-order valence-electron chi connectivity index (χ0n) is 15.0. The summed E-state index contributed by atoms with van der Waals surface area (Å²) in [5, 5.41) is 0. The van der Waals surface area contributed by atoms with Crippen molar-refractivity contribution in [3.8, 4) is 5.75 Å². The van der Waals surface area contributed by atoms with Crippen LogP contribution in [0.5, 0.6) is 5.75 Å². The Kier molecular flexibility index (Phi) is 4.96. The van der Waals surface area contributed by atoms with Crippen LogP contribution < -0.4 is 4.74 Å². The first-order chi connectivity index (χ1) is 12.7. The van der Waals surface area contributed by atoms with E-state index in [4.69, 9.17) is 9.47 Å². The van der Waals surface area contributed by atoms with Gasteiger partial charge >= 0.3 is 5.97 Å². The van der Waals surface area contributed by atoms with E-state index in [1.54, 1.807) is 0 Å². The highest BCUT2D eigenvalue weighted by Gasteiger charge is 2.34. The Hall–Kier alpha value is -2.30. The van der Waals surface area contributed by atoms with Crippen LogP contribution in [0.15, 0.2) is 30.4 Å². The number of rotatable bonds is 5. The van der Waals surface area contributed by atoms with Crippen molar-refractivity contribution in [2.75, 3.05) is 13.2 Å². The minimum atomic E-state index is -0.612. The Morgan fingerprint density at radius 2 is 2.12 bits per heavy atom. The third-order valence-corrected chi connectivity index (χ3v) is 5.46. The van der Waals surface area contributed by atoms with Crippen LogP contribution in [-0.4, -0.2) is 36.0 Å². The second-order valence-corrected chi connectivity index (χ2v) is 7.43. The monoisotopic (exact) mass is 355 g/mol. The summed E-state index contributed by atoms with van der Waals surface area (Å²) in [5.41, 5.74) is 2.32. The molecule has 138 valence electrons. The van der Waals surface area contributed by atoms with Gasteiger partial charge in [-0.25, -0.2) is 0 Å². The molecule has 1 amide bonds. The van der Waals surface area contributed by atoms with E-state index in [1.165, 1.54) is 5.56 Å². The van der Waals surface area contributed by atoms with Crippen LogP contribution in [0.2, 0.25) is 0 Å². The van der Waals surface area contributed by atoms with Crippen molar-refractivity contribution in [1.29, 1.82) is 0 Å². The molecule has 2 aliphatic heterocycles. The summed E-state index contributed by atoms with van der Waals surface area (Å²) < 4.78 is 10.8. The van der Waals surface area contributed by atoms with E-state index >= 15 is 0 Å². The lowest BCUT2D eigenvalue weighted by Crippen LogP contribution is -2.41. The summed E-state index contributed by atoms with van der Waals surface area (Å²) in [5.74, 6) is 1.10. The van der Waals surface area contributed by atoms with Gasteiger partial charge in [-0.1, -0.05) is 24.3 Å². The quantitative estimate of drug-likeness (QED) is 0.602. The summed E-state index contributed by atoms with van der Waals surface area (Å²) in [4.78, 5) is 26.3. The van der Waals surface area contributed by atoms with Crippen LogP contribution in [-0.2, 0) is 27.3 Å². The Bertz CT molecular complexity index is 727. The molecule has 1 fully saturated rings. The maximum absolute atomic E-state index is 13.0. The molecule has 1 aliphatic carbocycles. The third-order valence-electron chi connectivity index (χ3n) is 5.46. The Balaban J connectivity index is 1.50. The molecular formula is C21H25NO4. The van der Waals surface area contributed by atoms with Gasteiger partial charge in [0.2, 0.25) is 0 Å². The highest BCUT2D eigenvalue weighted by atomic mass is 16.6. The van der Waals surface area contributed by atoms with Crippen molar-refractivity contribution in [2.45, 2.75) is 51.2 Å². The molecule has 0 unspecified atom stereocenters. The smallest absolute Gasteiger partial charge is 0.306 e. The van der Waals surface area contributed by atoms with Gasteiger partial charge in [0.15, 0.2) is 6.10 Å². The molecule has 1 aromatic rings. The van der Waals surface area contributed by atoms with Crippen LogP contribution in [0.25, 0.3) is 0 Å². The molecule has 0 bridgehead atoms. The molecule has 2 atom stereocenters. The lowest BCUT2D eigenvalue weighted by molar-refractivity contribution is -0.153. The Morgan fingerprint density at radius 1 is 1.19 bits per heavy atom. The van der Waals surface area contributed by atoms with Crippen molar-refractivity contribution in [1.82, 2.24) is 4.90 Å². The van der Waals surface area contributed by atoms with Gasteiger partial charge in [0.25, 0.3) is 5.91 Å². The number of benzene rings is 1. The number of amides is 1. The lowest BCUT2D eigenvalue weighted by atomic mass is 9.93. The standard InChI is InChI=1S/C21H25NO4/c23-20-9-8-19(26-20)21(24)22(13-15-4-2-1-3-5-15)14-16-6-7-18-17(12-16)10-11-25-18/h1-2,6-7,12,15,19H,3-5,8-11,13-14H2/t15-,19-/m0/s1. The zero-order valence-corrected chi connectivity index (χ0v) is 15.0. The van der Waals surface area contributed by atoms with Crippen LogP contribution in [0.1, 0.15) is 43.2 Å². The molecule has 1 saturated heterocycles. The number of nitrogens with zero attached hydrogens (tertiary/aromatic N) is 1. The topological polar surface area (TPSA) is 55.8 Å². The van der Waals surface area contributed by atoms with Crippen molar-refractivity contribution in [3.05, 3.63) is 41.5 Å². The van der Waals surface area contributed by atoms with Gasteiger partial charge in [-0.15, -0.1) is 0 Å². The number of cyclic esters (lactones) is 1. The molecule has 0 N–H and O–H groups in total. The number of carbonyl (C=O) groups excluding carboxylic acids is 2. The summed E-state index contributed by atoms with van der Waals surface area (Å²) in [6.45, 7) is 2.00. The first-order valence-corrected chi connectivity index (χ1v) is 9.57. The number of fused-ring (bicyclic) bond motifs is 1. The Morgan fingerprint density at radius 3 is 2.88 bits per heavy atom. The van der Waals surface area contributed by atoms with Crippen LogP contribution in [0, 0.1) is 5.92 Å². The number of allylic oxidation sites excluding steroid dienone is 2. The summed E-state index contributed by atoms with van der Waals surface area (Å²) in [7, 11) is 0. The van der Waals surface area contributed by atoms with E-state index < -0.39 is 6.10 Å². The highest BCUT2D eigenvalue weighted by molar-refractivity contribution is 5.86. The van der Waals surface area contributed by atoms with Crippen LogP contribution in [0.4, 0.5) is 0 Å². The summed E-state index contributed by atoms with van der Waals surface area (Å²) >= 11 is 0. The molecular weight excluding hydrogens is 330 g/mol. The Labute approximate surface area is 154 Å². The third kappa shape index (κ3) is 3.76. The van der Waals surface area contributed by atoms with Gasteiger partial charge in [-0.3, -0.25) is 9.59 Å². The van der Waals surface area contributed by atoms with Gasteiger partial charge < -0.3 is 14.4 Å². The van der Waals surface area contributed by atoms with Crippen molar-refractivity contribution in [3.63, 3.8) is 0 Å². The predicted octanol–water partition coefficient (Wildman–Crippen LogP) is 3.01. The van der Waals surface area contributed by atoms with Gasteiger partial charge in [0.1, 0.15) is 5.75 Å². The van der Waals surface area contributed by atoms with E-state index in [0.717, 1.165) is 43.6 Å². The largest absolute Gasteiger partial charge is 0.493 e. The molecule has 5 heteroatoms. The molecule has 4 rings (SSSR count). The van der Waals surface area contributed by atoms with E-state index in [0.29, 0.717) is 31.8 Å². The average Bonchev–Trinajstić information content (AvgIpc) is 3.30. The van der Waals surface area contributed by atoms with Crippen molar-refractivity contribution in [2.24, 2.45) is 5.92 Å². The summed E-state index contributed by atoms with van der Waals surface area (Å²) in [6.07, 6.45) is 8.74. The van der Waals surface area contributed by atoms with E-state index in [2.05, 4.69) is 18.2 Å². The first kappa shape index (κ1) is 17.1. The fourth-order valence-electron chi connectivity index (χ4n) is 4.03. The first-order valence-electron chi connectivity index (χ1n) is 9.57. The fraction of sp³-hybridized carbons (Fsp3) is 0.524. The van der Waals surface area contributed by atoms with E-state index in [1.807, 2.05) is 17.0 Å². The van der Waals surface area contributed by atoms with Gasteiger partial charge in [0.05, 0.1) is 6.61 Å². The molecule has 3 aliphatic rings. The number of ether oxygens (including phenoxy) is 2. The number of hydrogen-bond donors (Lipinski definition) is 0. The molecule has 0 radical (unpaired) electrons. The summed E-state index contributed by atoms with van der Waals surface area (Å²) in [6, 6.07) is 6.18. The molecule has 0 aromatic heterocycles. The lowest BCUT2D eigenvalue weighted by Gasteiger charge is -2.30.